The van der Waals surface area contributed by atoms with Crippen molar-refractivity contribution in [1.29, 1.82) is 0 Å². The molecular weight excluding hydrogens is 364 g/mol. The van der Waals surface area contributed by atoms with E-state index in [-0.39, 0.29) is 31.1 Å². The van der Waals surface area contributed by atoms with Gasteiger partial charge in [-0.25, -0.2) is 0 Å². The van der Waals surface area contributed by atoms with Crippen molar-refractivity contribution >= 4 is 29.3 Å². The molecule has 2 saturated heterocycles. The first-order valence-corrected chi connectivity index (χ1v) is 9.44. The van der Waals surface area contributed by atoms with Crippen molar-refractivity contribution in [1.82, 2.24) is 15.5 Å². The molecule has 28 heavy (non-hydrogen) atoms. The van der Waals surface area contributed by atoms with Gasteiger partial charge in [-0.3, -0.25) is 29.4 Å². The summed E-state index contributed by atoms with van der Waals surface area (Å²) in [5.41, 5.74) is 1.42. The van der Waals surface area contributed by atoms with Gasteiger partial charge in [0, 0.05) is 37.8 Å². The summed E-state index contributed by atoms with van der Waals surface area (Å²) >= 11 is 0. The average molecular weight is 386 g/mol. The number of hydrogen-bond donors (Lipinski definition) is 3. The van der Waals surface area contributed by atoms with Crippen LogP contribution >= 0.6 is 0 Å². The van der Waals surface area contributed by atoms with E-state index in [0.717, 1.165) is 30.1 Å². The highest BCUT2D eigenvalue weighted by atomic mass is 16.3. The van der Waals surface area contributed by atoms with Gasteiger partial charge in [0.1, 0.15) is 6.04 Å². The summed E-state index contributed by atoms with van der Waals surface area (Å²) in [6.45, 7) is 2.18. The largest absolute Gasteiger partial charge is 0.395 e. The molecule has 0 bridgehead atoms. The van der Waals surface area contributed by atoms with Crippen LogP contribution in [0.5, 0.6) is 0 Å². The molecule has 0 aromatic heterocycles. The predicted octanol–water partition coefficient (Wildman–Crippen LogP) is -0.752. The van der Waals surface area contributed by atoms with E-state index in [1.54, 1.807) is 12.1 Å². The maximum atomic E-state index is 12.9. The molecule has 0 saturated carbocycles. The molecule has 2 atom stereocenters. The van der Waals surface area contributed by atoms with Gasteiger partial charge in [0.05, 0.1) is 17.7 Å². The smallest absolute Gasteiger partial charge is 0.262 e. The maximum Gasteiger partial charge on any atom is 0.262 e. The zero-order chi connectivity index (χ0) is 19.8. The van der Waals surface area contributed by atoms with E-state index in [9.17, 15) is 19.2 Å². The van der Waals surface area contributed by atoms with Gasteiger partial charge in [-0.1, -0.05) is 0 Å². The number of imide groups is 2. The van der Waals surface area contributed by atoms with E-state index >= 15 is 0 Å². The van der Waals surface area contributed by atoms with Gasteiger partial charge in [0.15, 0.2) is 0 Å². The number of benzene rings is 1. The Morgan fingerprint density at radius 2 is 1.89 bits per heavy atom. The third kappa shape index (κ3) is 3.16. The number of nitrogens with one attached hydrogen (secondary N) is 2. The summed E-state index contributed by atoms with van der Waals surface area (Å²) in [6, 6.07) is 4.46. The Hall–Kier alpha value is -2.78. The van der Waals surface area contributed by atoms with Gasteiger partial charge in [0.25, 0.3) is 11.8 Å². The van der Waals surface area contributed by atoms with Crippen molar-refractivity contribution in [3.05, 3.63) is 29.3 Å². The van der Waals surface area contributed by atoms with E-state index in [0.29, 0.717) is 12.1 Å². The second-order valence-corrected chi connectivity index (χ2v) is 7.29. The van der Waals surface area contributed by atoms with Gasteiger partial charge in [-0.05, 0) is 31.0 Å². The Bertz CT molecular complexity index is 855. The van der Waals surface area contributed by atoms with Crippen molar-refractivity contribution < 1.29 is 24.3 Å². The van der Waals surface area contributed by atoms with E-state index in [2.05, 4.69) is 15.5 Å². The molecular formula is C19H22N4O5. The van der Waals surface area contributed by atoms with E-state index in [4.69, 9.17) is 5.11 Å². The maximum absolute atomic E-state index is 12.9. The molecule has 3 aliphatic heterocycles. The number of aliphatic hydroxyl groups excluding tert-OH is 1. The van der Waals surface area contributed by atoms with E-state index < -0.39 is 29.7 Å². The zero-order valence-electron chi connectivity index (χ0n) is 15.3. The Morgan fingerprint density at radius 1 is 1.11 bits per heavy atom. The highest BCUT2D eigenvalue weighted by Gasteiger charge is 2.44. The lowest BCUT2D eigenvalue weighted by atomic mass is 10.0. The zero-order valence-corrected chi connectivity index (χ0v) is 15.3. The minimum absolute atomic E-state index is 0.0855. The van der Waals surface area contributed by atoms with Crippen molar-refractivity contribution in [2.75, 3.05) is 31.1 Å². The number of amides is 4. The first-order valence-electron chi connectivity index (χ1n) is 9.44. The average Bonchev–Trinajstić information content (AvgIpc) is 3.24. The number of carbonyl (C=O) groups is 4. The van der Waals surface area contributed by atoms with Crippen LogP contribution in [-0.4, -0.2) is 72.0 Å². The number of piperidine rings is 1. The molecule has 1 aromatic carbocycles. The molecule has 3 aliphatic rings. The molecule has 9 heteroatoms. The van der Waals surface area contributed by atoms with Crippen LogP contribution in [0.15, 0.2) is 18.2 Å². The molecule has 0 aliphatic carbocycles. The fraction of sp³-hybridized carbons (Fsp3) is 0.474. The molecule has 148 valence electrons. The number of nitrogens with zero attached hydrogens (tertiary/aromatic N) is 2. The Labute approximate surface area is 161 Å². The number of fused-ring (bicyclic) bond motifs is 1. The van der Waals surface area contributed by atoms with Crippen LogP contribution in [0.3, 0.4) is 0 Å². The second-order valence-electron chi connectivity index (χ2n) is 7.29. The van der Waals surface area contributed by atoms with Crippen LogP contribution < -0.4 is 15.5 Å². The normalized spacial score (nSPS) is 24.8. The molecule has 1 aromatic rings. The summed E-state index contributed by atoms with van der Waals surface area (Å²) in [5.74, 6) is -1.99. The summed E-state index contributed by atoms with van der Waals surface area (Å²) in [5, 5.41) is 14.4. The van der Waals surface area contributed by atoms with Crippen LogP contribution in [0.1, 0.15) is 40.0 Å². The minimum atomic E-state index is -0.951. The van der Waals surface area contributed by atoms with E-state index in [1.807, 2.05) is 6.07 Å². The van der Waals surface area contributed by atoms with Crippen LogP contribution in [0.25, 0.3) is 0 Å². The Balaban J connectivity index is 1.53. The van der Waals surface area contributed by atoms with Crippen molar-refractivity contribution in [2.24, 2.45) is 0 Å². The predicted molar refractivity (Wildman–Crippen MR) is 98.8 cm³/mol. The van der Waals surface area contributed by atoms with Crippen molar-refractivity contribution in [3.63, 3.8) is 0 Å². The molecule has 9 nitrogen and oxygen atoms in total. The first kappa shape index (κ1) is 18.6. The van der Waals surface area contributed by atoms with Gasteiger partial charge in [-0.15, -0.1) is 0 Å². The molecule has 2 unspecified atom stereocenters. The quantitative estimate of drug-likeness (QED) is 0.570. The molecule has 4 rings (SSSR count). The van der Waals surface area contributed by atoms with Crippen LogP contribution in [0.2, 0.25) is 0 Å². The van der Waals surface area contributed by atoms with E-state index in [1.165, 1.54) is 0 Å². The van der Waals surface area contributed by atoms with Crippen molar-refractivity contribution in [3.8, 4) is 0 Å². The summed E-state index contributed by atoms with van der Waals surface area (Å²) in [6.07, 6.45) is 1.17. The topological polar surface area (TPSA) is 119 Å². The number of carbonyl (C=O) groups excluding carboxylic acids is 4. The Morgan fingerprint density at radius 3 is 2.64 bits per heavy atom. The SMILES string of the molecule is O=C1CCC(N2C(=O)c3ccc(N4CCC(NCCO)C4)cc3C2=O)C(=O)N1. The fourth-order valence-electron chi connectivity index (χ4n) is 4.09. The molecule has 0 spiro atoms. The molecule has 2 fully saturated rings. The fourth-order valence-corrected chi connectivity index (χ4v) is 4.09. The third-order valence-corrected chi connectivity index (χ3v) is 5.52. The van der Waals surface area contributed by atoms with Crippen LogP contribution in [0, 0.1) is 0 Å². The first-order chi connectivity index (χ1) is 13.5. The number of rotatable bonds is 5. The monoisotopic (exact) mass is 386 g/mol. The lowest BCUT2D eigenvalue weighted by molar-refractivity contribution is -0.136. The summed E-state index contributed by atoms with van der Waals surface area (Å²) in [4.78, 5) is 52.2. The summed E-state index contributed by atoms with van der Waals surface area (Å²) in [7, 11) is 0. The summed E-state index contributed by atoms with van der Waals surface area (Å²) < 4.78 is 0. The highest BCUT2D eigenvalue weighted by Crippen LogP contribution is 2.31. The minimum Gasteiger partial charge on any atom is -0.395 e. The number of anilines is 1. The molecule has 0 radical (unpaired) electrons. The standard InChI is InChI=1S/C19H22N4O5/c24-8-6-20-11-5-7-22(10-11)12-1-2-13-14(9-12)19(28)23(18(13)27)15-3-4-16(25)21-17(15)26/h1-2,9,11,15,20,24H,3-8,10H2,(H,21,25,26). The number of hydrogen-bond acceptors (Lipinski definition) is 7. The van der Waals surface area contributed by atoms with Crippen LogP contribution in [-0.2, 0) is 9.59 Å². The van der Waals surface area contributed by atoms with Gasteiger partial charge >= 0.3 is 0 Å². The lowest BCUT2D eigenvalue weighted by Gasteiger charge is -2.27. The van der Waals surface area contributed by atoms with Crippen molar-refractivity contribution in [2.45, 2.75) is 31.3 Å². The van der Waals surface area contributed by atoms with Gasteiger partial charge in [0.2, 0.25) is 11.8 Å². The molecule has 3 heterocycles. The molecule has 4 amide bonds. The lowest BCUT2D eigenvalue weighted by Crippen LogP contribution is -2.54. The third-order valence-electron chi connectivity index (χ3n) is 5.52. The number of aliphatic hydroxyl groups is 1. The second kappa shape index (κ2) is 7.33. The van der Waals surface area contributed by atoms with Gasteiger partial charge < -0.3 is 15.3 Å². The Kier molecular flexibility index (Phi) is 4.86. The highest BCUT2D eigenvalue weighted by molar-refractivity contribution is 6.23. The van der Waals surface area contributed by atoms with Crippen LogP contribution in [0.4, 0.5) is 5.69 Å². The molecule has 3 N–H and O–H groups in total. The van der Waals surface area contributed by atoms with Gasteiger partial charge in [-0.2, -0.15) is 0 Å².